The molecule has 1 amide bonds. The molecule has 184 valence electrons. The molecule has 0 bridgehead atoms. The van der Waals surface area contributed by atoms with Gasteiger partial charge in [-0.05, 0) is 44.3 Å². The van der Waals surface area contributed by atoms with E-state index in [1.54, 1.807) is 56.3 Å². The second-order valence-corrected chi connectivity index (χ2v) is 7.72. The number of thiocarbonyl (C=S) groups is 1. The van der Waals surface area contributed by atoms with E-state index < -0.39 is 17.9 Å². The molecule has 1 heterocycles. The van der Waals surface area contributed by atoms with Crippen molar-refractivity contribution >= 4 is 35.4 Å². The van der Waals surface area contributed by atoms with Crippen LogP contribution in [0.15, 0.2) is 58.8 Å². The Morgan fingerprint density at radius 3 is 2.69 bits per heavy atom. The van der Waals surface area contributed by atoms with E-state index in [2.05, 4.69) is 21.2 Å². The minimum absolute atomic E-state index is 0.0914. The van der Waals surface area contributed by atoms with Crippen LogP contribution < -0.4 is 25.5 Å². The first-order valence-electron chi connectivity index (χ1n) is 10.7. The maximum Gasteiger partial charge on any atom is 0.338 e. The summed E-state index contributed by atoms with van der Waals surface area (Å²) in [6.07, 6.45) is 1.29. The highest BCUT2D eigenvalue weighted by Crippen LogP contribution is 2.33. The Kier molecular flexibility index (Phi) is 8.63. The summed E-state index contributed by atoms with van der Waals surface area (Å²) in [5.74, 6) is -0.428. The van der Waals surface area contributed by atoms with Gasteiger partial charge in [0.2, 0.25) is 0 Å². The van der Waals surface area contributed by atoms with Crippen LogP contribution in [0.3, 0.4) is 0 Å². The van der Waals surface area contributed by atoms with Gasteiger partial charge in [-0.15, -0.1) is 0 Å². The van der Waals surface area contributed by atoms with Gasteiger partial charge in [-0.1, -0.05) is 24.3 Å². The number of allylic oxidation sites excluding steroid dienone is 1. The lowest BCUT2D eigenvalue weighted by molar-refractivity contribution is -0.139. The molecule has 0 fully saturated rings. The number of hydrazone groups is 1. The number of para-hydroxylation sites is 2. The number of esters is 1. The molecule has 10 nitrogen and oxygen atoms in total. The first kappa shape index (κ1) is 25.5. The van der Waals surface area contributed by atoms with Crippen LogP contribution in [0.25, 0.3) is 0 Å². The summed E-state index contributed by atoms with van der Waals surface area (Å²) in [7, 11) is 1.44. The SMILES string of the molecule is CCOC(=O)C1=C(C)NC(=S)N[C@@H]1c1ccccc1OCC(=O)NN=Cc1cccc(OC)c1O. The van der Waals surface area contributed by atoms with E-state index in [1.165, 1.54) is 13.3 Å². The Labute approximate surface area is 208 Å². The van der Waals surface area contributed by atoms with Crippen LogP contribution in [0.2, 0.25) is 0 Å². The number of nitrogens with one attached hydrogen (secondary N) is 3. The lowest BCUT2D eigenvalue weighted by Gasteiger charge is -2.30. The number of aromatic hydroxyl groups is 1. The van der Waals surface area contributed by atoms with E-state index in [0.29, 0.717) is 33.3 Å². The monoisotopic (exact) mass is 498 g/mol. The zero-order chi connectivity index (χ0) is 25.4. The average Bonchev–Trinajstić information content (AvgIpc) is 2.83. The molecule has 1 aliphatic rings. The van der Waals surface area contributed by atoms with Crippen LogP contribution in [-0.2, 0) is 14.3 Å². The molecule has 11 heteroatoms. The smallest absolute Gasteiger partial charge is 0.338 e. The summed E-state index contributed by atoms with van der Waals surface area (Å²) in [4.78, 5) is 24.9. The molecule has 0 spiro atoms. The van der Waals surface area contributed by atoms with E-state index in [9.17, 15) is 14.7 Å². The number of phenols is 1. The lowest BCUT2D eigenvalue weighted by atomic mass is 9.95. The zero-order valence-electron chi connectivity index (χ0n) is 19.5. The second kappa shape index (κ2) is 11.8. The quantitative estimate of drug-likeness (QED) is 0.178. The highest BCUT2D eigenvalue weighted by Gasteiger charge is 2.32. The van der Waals surface area contributed by atoms with Crippen molar-refractivity contribution in [3.05, 3.63) is 64.9 Å². The van der Waals surface area contributed by atoms with Crippen LogP contribution in [0.1, 0.15) is 31.0 Å². The predicted molar refractivity (Wildman–Crippen MR) is 133 cm³/mol. The van der Waals surface area contributed by atoms with Crippen molar-refractivity contribution < 1.29 is 28.9 Å². The van der Waals surface area contributed by atoms with Crippen molar-refractivity contribution in [3.63, 3.8) is 0 Å². The molecule has 4 N–H and O–H groups in total. The molecule has 0 aromatic heterocycles. The van der Waals surface area contributed by atoms with Gasteiger partial charge >= 0.3 is 5.97 Å². The molecule has 1 aliphatic heterocycles. The van der Waals surface area contributed by atoms with E-state index in [0.717, 1.165) is 0 Å². The van der Waals surface area contributed by atoms with Crippen LogP contribution >= 0.6 is 12.2 Å². The number of rotatable bonds is 9. The van der Waals surface area contributed by atoms with Crippen molar-refractivity contribution in [2.75, 3.05) is 20.3 Å². The molecule has 2 aromatic rings. The number of carbonyl (C=O) groups is 2. The second-order valence-electron chi connectivity index (χ2n) is 7.31. The van der Waals surface area contributed by atoms with Gasteiger partial charge in [-0.2, -0.15) is 5.10 Å². The van der Waals surface area contributed by atoms with Crippen molar-refractivity contribution in [2.24, 2.45) is 5.10 Å². The van der Waals surface area contributed by atoms with Crippen molar-refractivity contribution in [3.8, 4) is 17.2 Å². The molecule has 0 unspecified atom stereocenters. The molecular formula is C24H26N4O6S. The standard InChI is InChI=1S/C24H26N4O6S/c1-4-33-23(31)20-14(2)26-24(35)27-21(20)16-9-5-6-10-17(16)34-13-19(29)28-25-12-15-8-7-11-18(32-3)22(15)30/h5-12,21,30H,4,13H2,1-3H3,(H,28,29)(H2,26,27,35)/t21-/m1/s1. The minimum Gasteiger partial charge on any atom is -0.504 e. The number of carbonyl (C=O) groups excluding carboxylic acids is 2. The van der Waals surface area contributed by atoms with E-state index in [-0.39, 0.29) is 24.7 Å². The number of hydrogen-bond donors (Lipinski definition) is 4. The molecule has 1 atom stereocenters. The molecule has 35 heavy (non-hydrogen) atoms. The third-order valence-corrected chi connectivity index (χ3v) is 5.22. The van der Waals surface area contributed by atoms with Crippen LogP contribution in [0.4, 0.5) is 0 Å². The largest absolute Gasteiger partial charge is 0.504 e. The Balaban J connectivity index is 1.72. The van der Waals surface area contributed by atoms with Gasteiger partial charge in [-0.3, -0.25) is 4.79 Å². The van der Waals surface area contributed by atoms with Crippen molar-refractivity contribution in [1.29, 1.82) is 0 Å². The summed E-state index contributed by atoms with van der Waals surface area (Å²) >= 11 is 5.27. The third-order valence-electron chi connectivity index (χ3n) is 5.00. The fraction of sp³-hybridized carbons (Fsp3) is 0.250. The molecule has 0 radical (unpaired) electrons. The molecule has 0 aliphatic carbocycles. The number of benzene rings is 2. The maximum absolute atomic E-state index is 12.6. The summed E-state index contributed by atoms with van der Waals surface area (Å²) in [6.45, 7) is 3.34. The van der Waals surface area contributed by atoms with Crippen LogP contribution in [0.5, 0.6) is 17.2 Å². The van der Waals surface area contributed by atoms with Crippen LogP contribution in [0, 0.1) is 0 Å². The van der Waals surface area contributed by atoms with E-state index in [4.69, 9.17) is 26.4 Å². The fourth-order valence-electron chi connectivity index (χ4n) is 3.41. The predicted octanol–water partition coefficient (Wildman–Crippen LogP) is 2.29. The van der Waals surface area contributed by atoms with Gasteiger partial charge in [0.25, 0.3) is 5.91 Å². The van der Waals surface area contributed by atoms with E-state index in [1.807, 2.05) is 0 Å². The number of ether oxygens (including phenoxy) is 3. The maximum atomic E-state index is 12.6. The van der Waals surface area contributed by atoms with Gasteiger partial charge in [0, 0.05) is 16.8 Å². The van der Waals surface area contributed by atoms with Crippen LogP contribution in [-0.4, -0.2) is 48.6 Å². The normalized spacial score (nSPS) is 15.3. The highest BCUT2D eigenvalue weighted by atomic mass is 32.1. The van der Waals surface area contributed by atoms with Gasteiger partial charge in [0.15, 0.2) is 23.2 Å². The Morgan fingerprint density at radius 1 is 1.20 bits per heavy atom. The Bertz CT molecular complexity index is 1180. The molecule has 2 aromatic carbocycles. The van der Waals surface area contributed by atoms with E-state index >= 15 is 0 Å². The van der Waals surface area contributed by atoms with Crippen molar-refractivity contribution in [2.45, 2.75) is 19.9 Å². The summed E-state index contributed by atoms with van der Waals surface area (Å²) in [6, 6.07) is 11.3. The molecule has 0 saturated heterocycles. The number of amides is 1. The molecule has 0 saturated carbocycles. The summed E-state index contributed by atoms with van der Waals surface area (Å²) in [5.41, 5.74) is 4.26. The first-order valence-corrected chi connectivity index (χ1v) is 11.1. The van der Waals surface area contributed by atoms with Gasteiger partial charge < -0.3 is 30.0 Å². The van der Waals surface area contributed by atoms with Gasteiger partial charge in [-0.25, -0.2) is 10.2 Å². The average molecular weight is 499 g/mol. The van der Waals surface area contributed by atoms with Gasteiger partial charge in [0.05, 0.1) is 31.5 Å². The Hall–Kier alpha value is -4.12. The lowest BCUT2D eigenvalue weighted by Crippen LogP contribution is -2.45. The van der Waals surface area contributed by atoms with Gasteiger partial charge in [0.1, 0.15) is 5.75 Å². The Morgan fingerprint density at radius 2 is 1.94 bits per heavy atom. The topological polar surface area (TPSA) is 131 Å². The van der Waals surface area contributed by atoms with Crippen molar-refractivity contribution in [1.82, 2.24) is 16.1 Å². The molecule has 3 rings (SSSR count). The number of nitrogens with zero attached hydrogens (tertiary/aromatic N) is 1. The summed E-state index contributed by atoms with van der Waals surface area (Å²) < 4.78 is 16.0. The fourth-order valence-corrected chi connectivity index (χ4v) is 3.69. The zero-order valence-corrected chi connectivity index (χ0v) is 20.3. The minimum atomic E-state index is -0.629. The number of methoxy groups -OCH3 is 1. The third kappa shape index (κ3) is 6.27. The first-order chi connectivity index (χ1) is 16.8. The highest BCUT2D eigenvalue weighted by molar-refractivity contribution is 7.80. The number of phenolic OH excluding ortho intramolecular Hbond substituents is 1. The summed E-state index contributed by atoms with van der Waals surface area (Å²) in [5, 5.41) is 20.3. The number of hydrogen-bond acceptors (Lipinski definition) is 8. The molecular weight excluding hydrogens is 472 g/mol.